The Bertz CT molecular complexity index is 480. The third-order valence-electron chi connectivity index (χ3n) is 3.59. The molecule has 0 saturated carbocycles. The summed E-state index contributed by atoms with van der Waals surface area (Å²) in [7, 11) is 4.05. The van der Waals surface area contributed by atoms with E-state index in [1.165, 1.54) is 0 Å². The van der Waals surface area contributed by atoms with E-state index in [9.17, 15) is 4.79 Å². The molecule has 6 heteroatoms. The fourth-order valence-corrected chi connectivity index (χ4v) is 2.29. The van der Waals surface area contributed by atoms with Gasteiger partial charge in [0.25, 0.3) is 0 Å². The predicted octanol–water partition coefficient (Wildman–Crippen LogP) is 1.92. The van der Waals surface area contributed by atoms with Gasteiger partial charge in [0.15, 0.2) is 5.82 Å². The van der Waals surface area contributed by atoms with Crippen molar-refractivity contribution in [3.8, 4) is 0 Å². The zero-order chi connectivity index (χ0) is 15.1. The predicted molar refractivity (Wildman–Crippen MR) is 84.3 cm³/mol. The van der Waals surface area contributed by atoms with Gasteiger partial charge >= 0.3 is 6.03 Å². The smallest absolute Gasteiger partial charge is 0.320 e. The zero-order valence-electron chi connectivity index (χ0n) is 12.9. The minimum atomic E-state index is -0.178. The van der Waals surface area contributed by atoms with Crippen LogP contribution < -0.4 is 10.6 Å². The third-order valence-corrected chi connectivity index (χ3v) is 3.59. The van der Waals surface area contributed by atoms with Crippen LogP contribution in [0.15, 0.2) is 24.4 Å². The molecule has 0 radical (unpaired) electrons. The van der Waals surface area contributed by atoms with Crippen LogP contribution in [0, 0.1) is 5.92 Å². The number of hydrogen-bond donors (Lipinski definition) is 2. The molecule has 0 saturated heterocycles. The van der Waals surface area contributed by atoms with Crippen LogP contribution in [0.25, 0.3) is 0 Å². The lowest BCUT2D eigenvalue weighted by molar-refractivity contribution is 0.249. The van der Waals surface area contributed by atoms with Crippen molar-refractivity contribution in [2.45, 2.75) is 25.8 Å². The molecule has 0 aliphatic heterocycles. The van der Waals surface area contributed by atoms with Gasteiger partial charge in [-0.3, -0.25) is 10.00 Å². The number of carbonyl (C=O) groups excluding carboxylic acids is 1. The van der Waals surface area contributed by atoms with Gasteiger partial charge in [0, 0.05) is 25.4 Å². The second kappa shape index (κ2) is 7.83. The van der Waals surface area contributed by atoms with Crippen molar-refractivity contribution in [2.75, 3.05) is 32.5 Å². The van der Waals surface area contributed by atoms with Crippen molar-refractivity contribution in [2.24, 2.45) is 5.92 Å². The number of allylic oxidation sites excluding steroid dienone is 2. The first kappa shape index (κ1) is 15.6. The van der Waals surface area contributed by atoms with Gasteiger partial charge in [-0.15, -0.1) is 0 Å². The van der Waals surface area contributed by atoms with Gasteiger partial charge in [-0.1, -0.05) is 12.2 Å². The molecule has 0 fully saturated rings. The Balaban J connectivity index is 1.70. The molecule has 2 rings (SSSR count). The van der Waals surface area contributed by atoms with Crippen molar-refractivity contribution in [1.29, 1.82) is 0 Å². The van der Waals surface area contributed by atoms with E-state index < -0.39 is 0 Å². The Labute approximate surface area is 126 Å². The van der Waals surface area contributed by atoms with Crippen molar-refractivity contribution in [3.05, 3.63) is 24.4 Å². The lowest BCUT2D eigenvalue weighted by atomic mass is 9.94. The largest absolute Gasteiger partial charge is 0.338 e. The van der Waals surface area contributed by atoms with Gasteiger partial charge in [0.1, 0.15) is 0 Å². The van der Waals surface area contributed by atoms with E-state index in [4.69, 9.17) is 0 Å². The molecule has 2 amide bonds. The molecular formula is C15H25N5O. The van der Waals surface area contributed by atoms with Gasteiger partial charge in [-0.05, 0) is 39.3 Å². The number of anilines is 1. The van der Waals surface area contributed by atoms with E-state index >= 15 is 0 Å². The summed E-state index contributed by atoms with van der Waals surface area (Å²) < 4.78 is 1.83. The summed E-state index contributed by atoms with van der Waals surface area (Å²) >= 11 is 0. The summed E-state index contributed by atoms with van der Waals surface area (Å²) in [6, 6.07) is 1.64. The maximum absolute atomic E-state index is 11.8. The molecule has 116 valence electrons. The average molecular weight is 291 g/mol. The standard InChI is InChI=1S/C15H25N5O/c1-19(2)10-11-20-9-8-14(18-20)17-15(21)16-12-13-6-4-3-5-7-13/h3-4,8-9,13H,5-7,10-12H2,1-2H3,(H2,16,17,18,21). The van der Waals surface area contributed by atoms with Crippen molar-refractivity contribution in [1.82, 2.24) is 20.0 Å². The molecule has 2 N–H and O–H groups in total. The fraction of sp³-hybridized carbons (Fsp3) is 0.600. The highest BCUT2D eigenvalue weighted by Gasteiger charge is 2.11. The highest BCUT2D eigenvalue weighted by atomic mass is 16.2. The Morgan fingerprint density at radius 2 is 2.33 bits per heavy atom. The maximum Gasteiger partial charge on any atom is 0.320 e. The van der Waals surface area contributed by atoms with Crippen LogP contribution in [-0.4, -0.2) is 47.9 Å². The van der Waals surface area contributed by atoms with E-state index in [2.05, 4.69) is 32.8 Å². The van der Waals surface area contributed by atoms with Crippen LogP contribution in [-0.2, 0) is 6.54 Å². The van der Waals surface area contributed by atoms with Gasteiger partial charge < -0.3 is 10.2 Å². The van der Waals surface area contributed by atoms with Crippen LogP contribution in [0.2, 0.25) is 0 Å². The molecule has 0 aromatic carbocycles. The van der Waals surface area contributed by atoms with Gasteiger partial charge in [0.05, 0.1) is 6.54 Å². The van der Waals surface area contributed by atoms with Crippen LogP contribution in [0.4, 0.5) is 10.6 Å². The Hall–Kier alpha value is -1.82. The summed E-state index contributed by atoms with van der Waals surface area (Å²) in [5, 5.41) is 10.0. The Morgan fingerprint density at radius 3 is 3.05 bits per heavy atom. The molecule has 1 unspecified atom stereocenters. The fourth-order valence-electron chi connectivity index (χ4n) is 2.29. The Kier molecular flexibility index (Phi) is 5.80. The molecule has 1 aliphatic carbocycles. The number of rotatable bonds is 6. The third kappa shape index (κ3) is 5.59. The molecule has 6 nitrogen and oxygen atoms in total. The molecule has 1 aromatic heterocycles. The van der Waals surface area contributed by atoms with Crippen LogP contribution in [0.3, 0.4) is 0 Å². The topological polar surface area (TPSA) is 62.2 Å². The first-order valence-electron chi connectivity index (χ1n) is 7.51. The summed E-state index contributed by atoms with van der Waals surface area (Å²) in [5.41, 5.74) is 0. The molecule has 1 atom stereocenters. The first-order chi connectivity index (χ1) is 10.1. The number of likely N-dealkylation sites (N-methyl/N-ethyl adjacent to an activating group) is 1. The summed E-state index contributed by atoms with van der Waals surface area (Å²) in [4.78, 5) is 13.9. The molecule has 1 heterocycles. The van der Waals surface area contributed by atoms with E-state index in [0.717, 1.165) is 38.9 Å². The van der Waals surface area contributed by atoms with Crippen LogP contribution in [0.5, 0.6) is 0 Å². The van der Waals surface area contributed by atoms with Gasteiger partial charge in [-0.2, -0.15) is 5.10 Å². The number of hydrogen-bond acceptors (Lipinski definition) is 3. The number of amides is 2. The normalized spacial score (nSPS) is 18.0. The highest BCUT2D eigenvalue weighted by molar-refractivity contribution is 5.88. The average Bonchev–Trinajstić information content (AvgIpc) is 2.91. The number of carbonyl (C=O) groups is 1. The zero-order valence-corrected chi connectivity index (χ0v) is 12.9. The van der Waals surface area contributed by atoms with Gasteiger partial charge in [0.2, 0.25) is 0 Å². The van der Waals surface area contributed by atoms with E-state index in [1.807, 2.05) is 31.0 Å². The highest BCUT2D eigenvalue weighted by Crippen LogP contribution is 2.16. The number of aromatic nitrogens is 2. The van der Waals surface area contributed by atoms with Crippen LogP contribution in [0.1, 0.15) is 19.3 Å². The number of nitrogens with one attached hydrogen (secondary N) is 2. The molecule has 0 bridgehead atoms. The molecule has 1 aromatic rings. The maximum atomic E-state index is 11.8. The second-order valence-electron chi connectivity index (χ2n) is 5.75. The van der Waals surface area contributed by atoms with Crippen molar-refractivity contribution >= 4 is 11.8 Å². The monoisotopic (exact) mass is 291 g/mol. The van der Waals surface area contributed by atoms with E-state index in [-0.39, 0.29) is 6.03 Å². The summed E-state index contributed by atoms with van der Waals surface area (Å²) in [5.74, 6) is 1.15. The molecular weight excluding hydrogens is 266 g/mol. The molecule has 0 spiro atoms. The number of urea groups is 1. The van der Waals surface area contributed by atoms with Gasteiger partial charge in [-0.25, -0.2) is 4.79 Å². The SMILES string of the molecule is CN(C)CCn1ccc(NC(=O)NCC2CC=CCC2)n1. The number of nitrogens with zero attached hydrogens (tertiary/aromatic N) is 3. The van der Waals surface area contributed by atoms with Crippen LogP contribution >= 0.6 is 0 Å². The first-order valence-corrected chi connectivity index (χ1v) is 7.51. The van der Waals surface area contributed by atoms with Crippen molar-refractivity contribution < 1.29 is 4.79 Å². The molecule has 21 heavy (non-hydrogen) atoms. The summed E-state index contributed by atoms with van der Waals surface area (Å²) in [6.07, 6.45) is 9.60. The van der Waals surface area contributed by atoms with Crippen molar-refractivity contribution in [3.63, 3.8) is 0 Å². The summed E-state index contributed by atoms with van der Waals surface area (Å²) in [6.45, 7) is 2.45. The minimum absolute atomic E-state index is 0.178. The van der Waals surface area contributed by atoms with E-state index in [1.54, 1.807) is 0 Å². The minimum Gasteiger partial charge on any atom is -0.338 e. The lowest BCUT2D eigenvalue weighted by Gasteiger charge is -2.17. The molecule has 1 aliphatic rings. The van der Waals surface area contributed by atoms with E-state index in [0.29, 0.717) is 11.7 Å². The quantitative estimate of drug-likeness (QED) is 0.787. The Morgan fingerprint density at radius 1 is 1.48 bits per heavy atom. The lowest BCUT2D eigenvalue weighted by Crippen LogP contribution is -2.33. The second-order valence-corrected chi connectivity index (χ2v) is 5.75.